The molecule has 29 heavy (non-hydrogen) atoms. The van der Waals surface area contributed by atoms with Crippen LogP contribution in [0, 0.1) is 13.8 Å². The fourth-order valence-electron chi connectivity index (χ4n) is 2.88. The first kappa shape index (κ1) is 20.9. The summed E-state index contributed by atoms with van der Waals surface area (Å²) in [5.74, 6) is -0.818. The van der Waals surface area contributed by atoms with Crippen LogP contribution in [0.4, 0.5) is 24.5 Å². The molecule has 1 aliphatic rings. The number of alkyl halides is 3. The Morgan fingerprint density at radius 2 is 1.79 bits per heavy atom. The van der Waals surface area contributed by atoms with Crippen molar-refractivity contribution in [1.82, 2.24) is 5.32 Å². The number of carbonyl (C=O) groups excluding carboxylic acids is 2. The van der Waals surface area contributed by atoms with Crippen LogP contribution in [0.3, 0.4) is 0 Å². The van der Waals surface area contributed by atoms with Gasteiger partial charge in [0.15, 0.2) is 5.17 Å². The molecular formula is C20H18F3N3O2S. The Morgan fingerprint density at radius 1 is 1.14 bits per heavy atom. The van der Waals surface area contributed by atoms with Gasteiger partial charge in [-0.25, -0.2) is 4.99 Å². The van der Waals surface area contributed by atoms with Crippen LogP contribution in [-0.4, -0.2) is 22.2 Å². The van der Waals surface area contributed by atoms with E-state index in [9.17, 15) is 22.8 Å². The molecule has 1 fully saturated rings. The van der Waals surface area contributed by atoms with Gasteiger partial charge in [-0.1, -0.05) is 42.1 Å². The summed E-state index contributed by atoms with van der Waals surface area (Å²) >= 11 is 0.941. The number of aryl methyl sites for hydroxylation is 2. The number of rotatable bonds is 4. The molecule has 1 unspecified atom stereocenters. The molecule has 2 N–H and O–H groups in total. The number of nitrogens with one attached hydrogen (secondary N) is 2. The van der Waals surface area contributed by atoms with Crippen molar-refractivity contribution >= 4 is 40.1 Å². The zero-order valence-electron chi connectivity index (χ0n) is 15.6. The van der Waals surface area contributed by atoms with Crippen LogP contribution in [0.5, 0.6) is 0 Å². The highest BCUT2D eigenvalue weighted by atomic mass is 32.2. The smallest absolute Gasteiger partial charge is 0.326 e. The van der Waals surface area contributed by atoms with Crippen molar-refractivity contribution in [3.63, 3.8) is 0 Å². The van der Waals surface area contributed by atoms with Gasteiger partial charge in [-0.3, -0.25) is 9.59 Å². The van der Waals surface area contributed by atoms with Gasteiger partial charge >= 0.3 is 6.18 Å². The highest BCUT2D eigenvalue weighted by Crippen LogP contribution is 2.37. The largest absolute Gasteiger partial charge is 0.418 e. The van der Waals surface area contributed by atoms with E-state index in [1.165, 1.54) is 18.2 Å². The van der Waals surface area contributed by atoms with Gasteiger partial charge in [0.05, 0.1) is 11.3 Å². The van der Waals surface area contributed by atoms with E-state index in [-0.39, 0.29) is 23.2 Å². The molecule has 1 saturated heterocycles. The molecule has 2 aromatic carbocycles. The van der Waals surface area contributed by atoms with E-state index in [1.54, 1.807) is 0 Å². The Bertz CT molecular complexity index is 969. The van der Waals surface area contributed by atoms with Crippen LogP contribution in [0.15, 0.2) is 47.5 Å². The monoisotopic (exact) mass is 421 g/mol. The molecule has 0 radical (unpaired) electrons. The van der Waals surface area contributed by atoms with E-state index in [4.69, 9.17) is 0 Å². The van der Waals surface area contributed by atoms with Gasteiger partial charge in [-0.2, -0.15) is 13.2 Å². The van der Waals surface area contributed by atoms with Crippen LogP contribution >= 0.6 is 11.8 Å². The van der Waals surface area contributed by atoms with Crippen molar-refractivity contribution in [1.29, 1.82) is 0 Å². The minimum atomic E-state index is -4.56. The minimum Gasteiger partial charge on any atom is -0.326 e. The molecule has 0 aromatic heterocycles. The van der Waals surface area contributed by atoms with E-state index >= 15 is 0 Å². The maximum absolute atomic E-state index is 13.1. The number of nitrogens with zero attached hydrogens (tertiary/aromatic N) is 1. The fourth-order valence-corrected chi connectivity index (χ4v) is 3.86. The van der Waals surface area contributed by atoms with Crippen LogP contribution in [-0.2, 0) is 15.8 Å². The highest BCUT2D eigenvalue weighted by Gasteiger charge is 2.35. The molecular weight excluding hydrogens is 403 g/mol. The number of anilines is 1. The highest BCUT2D eigenvalue weighted by molar-refractivity contribution is 8.15. The summed E-state index contributed by atoms with van der Waals surface area (Å²) in [4.78, 5) is 28.5. The molecule has 0 saturated carbocycles. The molecule has 2 amide bonds. The van der Waals surface area contributed by atoms with Gasteiger partial charge < -0.3 is 10.6 Å². The quantitative estimate of drug-likeness (QED) is 0.760. The van der Waals surface area contributed by atoms with Gasteiger partial charge in [0.1, 0.15) is 5.25 Å². The number of hydrogen-bond donors (Lipinski definition) is 2. The second kappa shape index (κ2) is 8.28. The number of amidine groups is 1. The molecule has 5 nitrogen and oxygen atoms in total. The Kier molecular flexibility index (Phi) is 5.97. The molecule has 1 heterocycles. The third kappa shape index (κ3) is 4.97. The van der Waals surface area contributed by atoms with Gasteiger partial charge in [-0.05, 0) is 37.1 Å². The summed E-state index contributed by atoms with van der Waals surface area (Å²) in [6.45, 7) is 3.73. The van der Waals surface area contributed by atoms with Gasteiger partial charge in [0.25, 0.3) is 0 Å². The number of carbonyl (C=O) groups is 2. The SMILES string of the molecule is Cc1cccc(C)c1NC(=O)CC1SC(=Nc2ccccc2C(F)(F)F)NC1=O. The molecule has 9 heteroatoms. The van der Waals surface area contributed by atoms with Crippen molar-refractivity contribution in [3.8, 4) is 0 Å². The lowest BCUT2D eigenvalue weighted by molar-refractivity contribution is -0.137. The number of halogens is 3. The topological polar surface area (TPSA) is 70.6 Å². The summed E-state index contributed by atoms with van der Waals surface area (Å²) in [5, 5.41) is 4.52. The second-order valence-corrected chi connectivity index (χ2v) is 7.74. The average Bonchev–Trinajstić information content (AvgIpc) is 2.97. The van der Waals surface area contributed by atoms with E-state index in [2.05, 4.69) is 15.6 Å². The lowest BCUT2D eigenvalue weighted by Crippen LogP contribution is -2.28. The third-order valence-corrected chi connectivity index (χ3v) is 5.41. The van der Waals surface area contributed by atoms with Crippen molar-refractivity contribution in [2.45, 2.75) is 31.7 Å². The third-order valence-electron chi connectivity index (χ3n) is 4.32. The fraction of sp³-hybridized carbons (Fsp3) is 0.250. The van der Waals surface area contributed by atoms with Gasteiger partial charge in [0.2, 0.25) is 11.8 Å². The number of aliphatic imine (C=N–C) groups is 1. The first-order valence-electron chi connectivity index (χ1n) is 8.73. The van der Waals surface area contributed by atoms with E-state index in [1.807, 2.05) is 32.0 Å². The lowest BCUT2D eigenvalue weighted by Gasteiger charge is -2.12. The number of amides is 2. The molecule has 2 aromatic rings. The summed E-state index contributed by atoms with van der Waals surface area (Å²) in [6.07, 6.45) is -4.68. The van der Waals surface area contributed by atoms with Crippen molar-refractivity contribution in [3.05, 3.63) is 59.2 Å². The van der Waals surface area contributed by atoms with Gasteiger partial charge in [0, 0.05) is 12.1 Å². The number of thioether (sulfide) groups is 1. The Hall–Kier alpha value is -2.81. The molecule has 1 aliphatic heterocycles. The van der Waals surface area contributed by atoms with Crippen LogP contribution in [0.1, 0.15) is 23.1 Å². The molecule has 1 atom stereocenters. The maximum Gasteiger partial charge on any atom is 0.418 e. The summed E-state index contributed by atoms with van der Waals surface area (Å²) in [7, 11) is 0. The second-order valence-electron chi connectivity index (χ2n) is 6.55. The first-order chi connectivity index (χ1) is 13.6. The number of hydrogen-bond acceptors (Lipinski definition) is 4. The summed E-state index contributed by atoms with van der Waals surface area (Å²) in [5.41, 5.74) is 1.30. The Labute approximate surface area is 169 Å². The standard InChI is InChI=1S/C20H18F3N3O2S/c1-11-6-5-7-12(2)17(11)25-16(27)10-15-18(28)26-19(29-15)24-14-9-4-3-8-13(14)20(21,22)23/h3-9,15H,10H2,1-2H3,(H,25,27)(H,24,26,28). The molecule has 152 valence electrons. The van der Waals surface area contributed by atoms with Crippen LogP contribution in [0.2, 0.25) is 0 Å². The molecule has 0 bridgehead atoms. The molecule has 0 aliphatic carbocycles. The van der Waals surface area contributed by atoms with Crippen molar-refractivity contribution < 1.29 is 22.8 Å². The van der Waals surface area contributed by atoms with Crippen LogP contribution in [0.25, 0.3) is 0 Å². The predicted octanol–water partition coefficient (Wildman–Crippen LogP) is 4.57. The molecule has 3 rings (SSSR count). The van der Waals surface area contributed by atoms with Crippen molar-refractivity contribution in [2.24, 2.45) is 4.99 Å². The average molecular weight is 421 g/mol. The number of para-hydroxylation sites is 2. The van der Waals surface area contributed by atoms with Gasteiger partial charge in [-0.15, -0.1) is 0 Å². The summed E-state index contributed by atoms with van der Waals surface area (Å²) < 4.78 is 39.3. The Morgan fingerprint density at radius 3 is 2.45 bits per heavy atom. The van der Waals surface area contributed by atoms with Crippen LogP contribution < -0.4 is 10.6 Å². The first-order valence-corrected chi connectivity index (χ1v) is 9.61. The van der Waals surface area contributed by atoms with E-state index in [0.717, 1.165) is 29.0 Å². The normalized spacial score (nSPS) is 18.0. The number of benzene rings is 2. The summed E-state index contributed by atoms with van der Waals surface area (Å²) in [6, 6.07) is 10.5. The minimum absolute atomic E-state index is 0.0385. The van der Waals surface area contributed by atoms with E-state index in [0.29, 0.717) is 5.69 Å². The Balaban J connectivity index is 1.71. The van der Waals surface area contributed by atoms with Crippen molar-refractivity contribution in [2.75, 3.05) is 5.32 Å². The zero-order valence-corrected chi connectivity index (χ0v) is 16.4. The van der Waals surface area contributed by atoms with E-state index < -0.39 is 22.9 Å². The zero-order chi connectivity index (χ0) is 21.2. The lowest BCUT2D eigenvalue weighted by atomic mass is 10.1. The molecule has 0 spiro atoms. The maximum atomic E-state index is 13.1. The predicted molar refractivity (Wildman–Crippen MR) is 107 cm³/mol.